The van der Waals surface area contributed by atoms with Crippen molar-refractivity contribution >= 4 is 10.8 Å². The molecule has 1 heterocycles. The van der Waals surface area contributed by atoms with Crippen LogP contribution in [0.4, 0.5) is 0 Å². The third-order valence-electron chi connectivity index (χ3n) is 4.18. The largest absolute Gasteiger partial charge is 0.393 e. The van der Waals surface area contributed by atoms with Crippen molar-refractivity contribution in [3.63, 3.8) is 0 Å². The maximum absolute atomic E-state index is 12.1. The molecule has 22 heavy (non-hydrogen) atoms. The van der Waals surface area contributed by atoms with Crippen molar-refractivity contribution in [2.24, 2.45) is 5.92 Å². The van der Waals surface area contributed by atoms with Crippen molar-refractivity contribution in [2.75, 3.05) is 19.0 Å². The molecule has 1 aliphatic heterocycles. The monoisotopic (exact) mass is 336 g/mol. The first-order valence-corrected chi connectivity index (χ1v) is 9.46. The summed E-state index contributed by atoms with van der Waals surface area (Å²) in [6, 6.07) is 0. The molecule has 0 unspecified atom stereocenters. The van der Waals surface area contributed by atoms with Crippen molar-refractivity contribution in [3.8, 4) is 0 Å². The zero-order valence-corrected chi connectivity index (χ0v) is 15.3. The highest BCUT2D eigenvalue weighted by Crippen LogP contribution is 2.32. The van der Waals surface area contributed by atoms with E-state index < -0.39 is 28.8 Å². The minimum atomic E-state index is -1.15. The van der Waals surface area contributed by atoms with E-state index in [4.69, 9.17) is 9.47 Å². The van der Waals surface area contributed by atoms with Gasteiger partial charge in [0.25, 0.3) is 0 Å². The molecule has 0 aromatic heterocycles. The molecule has 0 aromatic carbocycles. The van der Waals surface area contributed by atoms with Gasteiger partial charge >= 0.3 is 0 Å². The molecule has 2 N–H and O–H groups in total. The van der Waals surface area contributed by atoms with E-state index in [1.165, 1.54) is 0 Å². The number of hydrogen-bond acceptors (Lipinski definition) is 5. The second-order valence-corrected chi connectivity index (χ2v) is 9.43. The van der Waals surface area contributed by atoms with Gasteiger partial charge in [0.2, 0.25) is 0 Å². The lowest BCUT2D eigenvalue weighted by molar-refractivity contribution is -0.188. The molecule has 4 atom stereocenters. The normalized spacial score (nSPS) is 24.0. The molecule has 6 heteroatoms. The second-order valence-electron chi connectivity index (χ2n) is 7.18. The molecular formula is C16H32O5S. The van der Waals surface area contributed by atoms with Gasteiger partial charge in [0.15, 0.2) is 5.79 Å². The van der Waals surface area contributed by atoms with Gasteiger partial charge in [0, 0.05) is 34.3 Å². The van der Waals surface area contributed by atoms with Crippen molar-refractivity contribution in [2.45, 2.75) is 76.6 Å². The molecule has 5 nitrogen and oxygen atoms in total. The Balaban J connectivity index is 2.59. The number of hydrogen-bond donors (Lipinski definition) is 2. The van der Waals surface area contributed by atoms with E-state index in [1.54, 1.807) is 6.92 Å². The molecule has 0 bridgehead atoms. The molecule has 1 rings (SSSR count). The van der Waals surface area contributed by atoms with Gasteiger partial charge in [0.1, 0.15) is 0 Å². The van der Waals surface area contributed by atoms with Crippen LogP contribution in [-0.2, 0) is 20.3 Å². The van der Waals surface area contributed by atoms with Gasteiger partial charge in [-0.05, 0) is 20.8 Å². The Hall–Kier alpha value is -0.0100. The summed E-state index contributed by atoms with van der Waals surface area (Å²) in [5.74, 6) is -0.942. The van der Waals surface area contributed by atoms with Gasteiger partial charge in [-0.25, -0.2) is 0 Å². The van der Waals surface area contributed by atoms with Crippen LogP contribution in [0.3, 0.4) is 0 Å². The summed E-state index contributed by atoms with van der Waals surface area (Å²) >= 11 is 0. The zero-order chi connectivity index (χ0) is 17.0. The minimum Gasteiger partial charge on any atom is -0.393 e. The third-order valence-corrected chi connectivity index (χ3v) is 6.19. The Morgan fingerprint density at radius 2 is 1.73 bits per heavy atom. The molecule has 0 amide bonds. The van der Waals surface area contributed by atoms with Gasteiger partial charge in [-0.3, -0.25) is 4.21 Å². The van der Waals surface area contributed by atoms with Crippen LogP contribution in [-0.4, -0.2) is 56.1 Å². The molecule has 0 radical (unpaired) electrons. The van der Waals surface area contributed by atoms with Crippen molar-refractivity contribution in [1.29, 1.82) is 0 Å². The van der Waals surface area contributed by atoms with E-state index in [0.717, 1.165) is 12.8 Å². The summed E-state index contributed by atoms with van der Waals surface area (Å²) in [5, 5.41) is 20.7. The molecule has 0 spiro atoms. The van der Waals surface area contributed by atoms with Gasteiger partial charge in [-0.1, -0.05) is 20.3 Å². The van der Waals surface area contributed by atoms with Crippen LogP contribution in [0.25, 0.3) is 0 Å². The molecule has 1 aliphatic rings. The maximum atomic E-state index is 12.1. The second kappa shape index (κ2) is 8.20. The van der Waals surface area contributed by atoms with E-state index in [1.807, 2.05) is 27.7 Å². The van der Waals surface area contributed by atoms with Crippen LogP contribution in [0, 0.1) is 5.92 Å². The van der Waals surface area contributed by atoms with E-state index in [9.17, 15) is 14.4 Å². The average Bonchev–Trinajstić information content (AvgIpc) is 2.85. The lowest BCUT2D eigenvalue weighted by Crippen LogP contribution is -2.42. The Morgan fingerprint density at radius 3 is 2.18 bits per heavy atom. The SMILES string of the molecule is CCCC1(C[C@H](O)[C@@H](C)[C@@H](O)C[S@@](=O)C(C)(C)C)OCCO1. The average molecular weight is 336 g/mol. The summed E-state index contributed by atoms with van der Waals surface area (Å²) in [4.78, 5) is 0. The third kappa shape index (κ3) is 5.57. The molecule has 1 fully saturated rings. The quantitative estimate of drug-likeness (QED) is 0.707. The lowest BCUT2D eigenvalue weighted by Gasteiger charge is -2.33. The summed E-state index contributed by atoms with van der Waals surface area (Å²) in [5.41, 5.74) is 0. The van der Waals surface area contributed by atoms with Crippen LogP contribution in [0.2, 0.25) is 0 Å². The number of aliphatic hydroxyl groups excluding tert-OH is 2. The number of rotatable bonds is 8. The highest BCUT2D eigenvalue weighted by Gasteiger charge is 2.40. The highest BCUT2D eigenvalue weighted by atomic mass is 32.2. The lowest BCUT2D eigenvalue weighted by atomic mass is 9.91. The number of ether oxygens (including phenoxy) is 2. The first-order chi connectivity index (χ1) is 10.1. The van der Waals surface area contributed by atoms with Crippen molar-refractivity contribution in [1.82, 2.24) is 0 Å². The highest BCUT2D eigenvalue weighted by molar-refractivity contribution is 7.86. The van der Waals surface area contributed by atoms with E-state index in [0.29, 0.717) is 19.6 Å². The molecule has 132 valence electrons. The predicted molar refractivity (Wildman–Crippen MR) is 88.1 cm³/mol. The van der Waals surface area contributed by atoms with Gasteiger partial charge in [-0.2, -0.15) is 0 Å². The fourth-order valence-electron chi connectivity index (χ4n) is 2.56. The van der Waals surface area contributed by atoms with Gasteiger partial charge < -0.3 is 19.7 Å². The number of aliphatic hydroxyl groups is 2. The zero-order valence-electron chi connectivity index (χ0n) is 14.5. The first-order valence-electron chi connectivity index (χ1n) is 8.14. The van der Waals surface area contributed by atoms with Crippen LogP contribution in [0.15, 0.2) is 0 Å². The van der Waals surface area contributed by atoms with Crippen LogP contribution < -0.4 is 0 Å². The van der Waals surface area contributed by atoms with E-state index in [2.05, 4.69) is 0 Å². The smallest absolute Gasteiger partial charge is 0.170 e. The van der Waals surface area contributed by atoms with Crippen molar-refractivity contribution < 1.29 is 23.9 Å². The van der Waals surface area contributed by atoms with Crippen LogP contribution in [0.5, 0.6) is 0 Å². The summed E-state index contributed by atoms with van der Waals surface area (Å²) in [6.07, 6.45) is 0.395. The van der Waals surface area contributed by atoms with Crippen LogP contribution in [0.1, 0.15) is 53.9 Å². The van der Waals surface area contributed by atoms with E-state index in [-0.39, 0.29) is 16.4 Å². The summed E-state index contributed by atoms with van der Waals surface area (Å²) in [7, 11) is -1.15. The van der Waals surface area contributed by atoms with Crippen LogP contribution >= 0.6 is 0 Å². The van der Waals surface area contributed by atoms with E-state index >= 15 is 0 Å². The molecular weight excluding hydrogens is 304 g/mol. The Labute approximate surface area is 136 Å². The Morgan fingerprint density at radius 1 is 1.18 bits per heavy atom. The predicted octanol–water partition coefficient (Wildman–Crippen LogP) is 1.82. The van der Waals surface area contributed by atoms with Gasteiger partial charge in [0.05, 0.1) is 31.2 Å². The topological polar surface area (TPSA) is 76.0 Å². The fraction of sp³-hybridized carbons (Fsp3) is 1.00. The Bertz CT molecular complexity index is 360. The molecule has 0 aromatic rings. The minimum absolute atomic E-state index is 0.171. The fourth-order valence-corrected chi connectivity index (χ4v) is 3.67. The Kier molecular flexibility index (Phi) is 7.46. The summed E-state index contributed by atoms with van der Waals surface area (Å²) in [6.45, 7) is 10.6. The maximum Gasteiger partial charge on any atom is 0.170 e. The van der Waals surface area contributed by atoms with Gasteiger partial charge in [-0.15, -0.1) is 0 Å². The molecule has 0 saturated carbocycles. The standard InChI is InChI=1S/C16H32O5S/c1-6-7-16(20-8-9-21-16)10-13(17)12(2)14(18)11-22(19)15(3,4)5/h12-14,17-18H,6-11H2,1-5H3/t12-,13+,14+,22-/m1/s1. The first kappa shape index (κ1) is 20.0. The summed E-state index contributed by atoms with van der Waals surface area (Å²) < 4.78 is 23.2. The van der Waals surface area contributed by atoms with Crippen molar-refractivity contribution in [3.05, 3.63) is 0 Å². The molecule has 1 saturated heterocycles. The molecule has 0 aliphatic carbocycles.